The first-order chi connectivity index (χ1) is 7.33. The van der Waals surface area contributed by atoms with Crippen LogP contribution in [0.25, 0.3) is 0 Å². The molecule has 1 saturated heterocycles. The second-order valence-electron chi connectivity index (χ2n) is 4.89. The molecule has 1 aliphatic carbocycles. The summed E-state index contributed by atoms with van der Waals surface area (Å²) >= 11 is 0. The van der Waals surface area contributed by atoms with Gasteiger partial charge in [0.1, 0.15) is 0 Å². The molecule has 0 aromatic carbocycles. The molecule has 0 radical (unpaired) electrons. The molecule has 2 fully saturated rings. The minimum Gasteiger partial charge on any atom is -0.381 e. The van der Waals surface area contributed by atoms with Crippen LogP contribution in [0.4, 0.5) is 0 Å². The zero-order chi connectivity index (χ0) is 10.7. The lowest BCUT2D eigenvalue weighted by atomic mass is 9.87. The molecule has 3 nitrogen and oxygen atoms in total. The Morgan fingerprint density at radius 3 is 2.87 bits per heavy atom. The van der Waals surface area contributed by atoms with Gasteiger partial charge in [-0.1, -0.05) is 6.92 Å². The van der Waals surface area contributed by atoms with Crippen LogP contribution in [-0.2, 0) is 4.74 Å². The fraction of sp³-hybridized carbons (Fsp3) is 1.00. The molecule has 1 unspecified atom stereocenters. The van der Waals surface area contributed by atoms with E-state index in [2.05, 4.69) is 17.1 Å². The molecular weight excluding hydrogens is 188 g/mol. The van der Waals surface area contributed by atoms with Crippen molar-refractivity contribution < 1.29 is 4.74 Å². The highest BCUT2D eigenvalue weighted by atomic mass is 16.5. The minimum absolute atomic E-state index is 0.534. The van der Waals surface area contributed by atoms with Gasteiger partial charge in [-0.3, -0.25) is 4.90 Å². The summed E-state index contributed by atoms with van der Waals surface area (Å²) in [5.41, 5.74) is 0. The number of hydrogen-bond donors (Lipinski definition) is 1. The quantitative estimate of drug-likeness (QED) is 0.762. The third-order valence-corrected chi connectivity index (χ3v) is 3.92. The van der Waals surface area contributed by atoms with Crippen LogP contribution < -0.4 is 5.32 Å². The first kappa shape index (κ1) is 11.4. The second-order valence-corrected chi connectivity index (χ2v) is 4.89. The maximum atomic E-state index is 5.35. The first-order valence-corrected chi connectivity index (χ1v) is 6.33. The zero-order valence-corrected chi connectivity index (χ0v) is 10.0. The van der Waals surface area contributed by atoms with Crippen molar-refractivity contribution in [3.8, 4) is 0 Å². The number of ether oxygens (including phenoxy) is 1. The van der Waals surface area contributed by atoms with Gasteiger partial charge in [0.2, 0.25) is 0 Å². The second kappa shape index (κ2) is 5.28. The zero-order valence-electron chi connectivity index (χ0n) is 10.0. The Morgan fingerprint density at radius 2 is 2.20 bits per heavy atom. The van der Waals surface area contributed by atoms with Crippen molar-refractivity contribution >= 4 is 0 Å². The van der Waals surface area contributed by atoms with E-state index in [0.29, 0.717) is 12.1 Å². The third-order valence-electron chi connectivity index (χ3n) is 3.92. The standard InChI is InChI=1S/C12H24N2O/c1-3-10-9-14(6-4-5-13-10)11-7-12(8-11)15-2/h10-13H,3-9H2,1-2H3. The average Bonchev–Trinajstić information content (AvgIpc) is 2.42. The topological polar surface area (TPSA) is 24.5 Å². The van der Waals surface area contributed by atoms with Gasteiger partial charge >= 0.3 is 0 Å². The summed E-state index contributed by atoms with van der Waals surface area (Å²) in [5, 5.41) is 3.62. The van der Waals surface area contributed by atoms with Crippen LogP contribution in [0.3, 0.4) is 0 Å². The van der Waals surface area contributed by atoms with Crippen LogP contribution in [0.1, 0.15) is 32.6 Å². The van der Waals surface area contributed by atoms with Gasteiger partial charge in [0, 0.05) is 25.7 Å². The highest BCUT2D eigenvalue weighted by Crippen LogP contribution is 2.28. The van der Waals surface area contributed by atoms with Crippen molar-refractivity contribution in [3.05, 3.63) is 0 Å². The van der Waals surface area contributed by atoms with Gasteiger partial charge < -0.3 is 10.1 Å². The molecule has 1 aliphatic heterocycles. The van der Waals surface area contributed by atoms with Crippen LogP contribution in [0.2, 0.25) is 0 Å². The van der Waals surface area contributed by atoms with Gasteiger partial charge in [-0.25, -0.2) is 0 Å². The Morgan fingerprint density at radius 1 is 1.40 bits per heavy atom. The lowest BCUT2D eigenvalue weighted by Crippen LogP contribution is -2.50. The van der Waals surface area contributed by atoms with Crippen molar-refractivity contribution in [2.24, 2.45) is 0 Å². The predicted octanol–water partition coefficient (Wildman–Crippen LogP) is 1.24. The molecule has 0 aromatic heterocycles. The third kappa shape index (κ3) is 2.71. The average molecular weight is 212 g/mol. The van der Waals surface area contributed by atoms with Gasteiger partial charge in [-0.15, -0.1) is 0 Å². The molecule has 1 atom stereocenters. The Labute approximate surface area is 93.2 Å². The summed E-state index contributed by atoms with van der Waals surface area (Å²) in [4.78, 5) is 2.67. The highest BCUT2D eigenvalue weighted by molar-refractivity contribution is 4.90. The van der Waals surface area contributed by atoms with Crippen LogP contribution in [-0.4, -0.2) is 49.8 Å². The number of nitrogens with zero attached hydrogens (tertiary/aromatic N) is 1. The fourth-order valence-corrected chi connectivity index (χ4v) is 2.66. The number of hydrogen-bond acceptors (Lipinski definition) is 3. The first-order valence-electron chi connectivity index (χ1n) is 6.33. The van der Waals surface area contributed by atoms with Crippen LogP contribution in [0, 0.1) is 0 Å². The van der Waals surface area contributed by atoms with E-state index in [0.717, 1.165) is 6.04 Å². The lowest BCUT2D eigenvalue weighted by molar-refractivity contribution is -0.0274. The molecule has 2 rings (SSSR count). The van der Waals surface area contributed by atoms with Crippen molar-refractivity contribution in [1.29, 1.82) is 0 Å². The van der Waals surface area contributed by atoms with E-state index in [-0.39, 0.29) is 0 Å². The summed E-state index contributed by atoms with van der Waals surface area (Å²) in [7, 11) is 1.83. The molecule has 0 aromatic rings. The van der Waals surface area contributed by atoms with E-state index in [4.69, 9.17) is 4.74 Å². The Hall–Kier alpha value is -0.120. The SMILES string of the molecule is CCC1CN(C2CC(OC)C2)CCCN1. The Balaban J connectivity index is 1.80. The van der Waals surface area contributed by atoms with Gasteiger partial charge in [-0.2, -0.15) is 0 Å². The van der Waals surface area contributed by atoms with Crippen molar-refractivity contribution in [3.63, 3.8) is 0 Å². The number of methoxy groups -OCH3 is 1. The van der Waals surface area contributed by atoms with E-state index in [1.165, 1.54) is 45.3 Å². The summed E-state index contributed by atoms with van der Waals surface area (Å²) < 4.78 is 5.35. The molecule has 0 amide bonds. The highest BCUT2D eigenvalue weighted by Gasteiger charge is 2.34. The molecule has 0 bridgehead atoms. The molecule has 1 N–H and O–H groups in total. The fourth-order valence-electron chi connectivity index (χ4n) is 2.66. The molecule has 15 heavy (non-hydrogen) atoms. The summed E-state index contributed by atoms with van der Waals surface area (Å²) in [5.74, 6) is 0. The van der Waals surface area contributed by atoms with Crippen molar-refractivity contribution in [2.75, 3.05) is 26.7 Å². The van der Waals surface area contributed by atoms with Gasteiger partial charge in [-0.05, 0) is 38.8 Å². The Bertz CT molecular complexity index is 192. The Kier molecular flexibility index (Phi) is 4.00. The number of nitrogens with one attached hydrogen (secondary N) is 1. The maximum absolute atomic E-state index is 5.35. The largest absolute Gasteiger partial charge is 0.381 e. The van der Waals surface area contributed by atoms with Crippen LogP contribution in [0.5, 0.6) is 0 Å². The minimum atomic E-state index is 0.534. The predicted molar refractivity (Wildman–Crippen MR) is 62.1 cm³/mol. The van der Waals surface area contributed by atoms with Gasteiger partial charge in [0.15, 0.2) is 0 Å². The van der Waals surface area contributed by atoms with Gasteiger partial charge in [0.25, 0.3) is 0 Å². The van der Waals surface area contributed by atoms with Gasteiger partial charge in [0.05, 0.1) is 6.10 Å². The van der Waals surface area contributed by atoms with E-state index in [1.54, 1.807) is 0 Å². The summed E-state index contributed by atoms with van der Waals surface area (Å²) in [6, 6.07) is 1.50. The molecule has 2 aliphatic rings. The smallest absolute Gasteiger partial charge is 0.0601 e. The van der Waals surface area contributed by atoms with Crippen molar-refractivity contribution in [1.82, 2.24) is 10.2 Å². The lowest BCUT2D eigenvalue weighted by Gasteiger charge is -2.42. The molecule has 0 spiro atoms. The summed E-state index contributed by atoms with van der Waals surface area (Å²) in [6.45, 7) is 5.97. The molecule has 1 heterocycles. The van der Waals surface area contributed by atoms with Crippen LogP contribution >= 0.6 is 0 Å². The van der Waals surface area contributed by atoms with Crippen LogP contribution in [0.15, 0.2) is 0 Å². The van der Waals surface area contributed by atoms with E-state index in [9.17, 15) is 0 Å². The molecular formula is C12H24N2O. The summed E-state index contributed by atoms with van der Waals surface area (Å²) in [6.07, 6.45) is 5.56. The van der Waals surface area contributed by atoms with E-state index in [1.807, 2.05) is 7.11 Å². The monoisotopic (exact) mass is 212 g/mol. The normalized spacial score (nSPS) is 38.4. The van der Waals surface area contributed by atoms with E-state index < -0.39 is 0 Å². The molecule has 88 valence electrons. The molecule has 1 saturated carbocycles. The van der Waals surface area contributed by atoms with Crippen molar-refractivity contribution in [2.45, 2.75) is 50.8 Å². The van der Waals surface area contributed by atoms with E-state index >= 15 is 0 Å². The maximum Gasteiger partial charge on any atom is 0.0601 e. The molecule has 3 heteroatoms. The number of rotatable bonds is 3.